The Balaban J connectivity index is 0.00000140. The van der Waals surface area contributed by atoms with Crippen molar-refractivity contribution >= 4 is 36.1 Å². The smallest absolute Gasteiger partial charge is 0.504 e. The first-order valence-corrected chi connectivity index (χ1v) is 25.7. The van der Waals surface area contributed by atoms with Crippen LogP contribution in [0, 0.1) is 26.7 Å². The van der Waals surface area contributed by atoms with E-state index in [1.54, 1.807) is 60.6 Å². The molecule has 2 saturated heterocycles. The number of phenols is 1. The summed E-state index contributed by atoms with van der Waals surface area (Å²) in [6.45, 7) is 22.6. The average Bonchev–Trinajstić information content (AvgIpc) is 3.82. The number of thioether (sulfide) groups is 1. The lowest BCUT2D eigenvalue weighted by atomic mass is 9.73. The number of aromatic hydroxyl groups is 1. The van der Waals surface area contributed by atoms with E-state index in [1.165, 1.54) is 26.0 Å². The summed E-state index contributed by atoms with van der Waals surface area (Å²) in [5.74, 6) is 1.28. The fourth-order valence-corrected chi connectivity index (χ4v) is 12.4. The molecule has 7 aliphatic rings. The van der Waals surface area contributed by atoms with Gasteiger partial charge in [-0.15, -0.1) is 24.6 Å². The number of hydrogen-bond acceptors (Lipinski definition) is 18. The van der Waals surface area contributed by atoms with Gasteiger partial charge in [0.25, 0.3) is 0 Å². The second-order valence-electron chi connectivity index (χ2n) is 19.8. The summed E-state index contributed by atoms with van der Waals surface area (Å²) in [4.78, 5) is 59.5. The Morgan fingerprint density at radius 2 is 1.52 bits per heavy atom. The molecule has 0 saturated carbocycles. The number of phenolic OH excluding ortho intramolecular Hbond substituents is 1. The van der Waals surface area contributed by atoms with Crippen molar-refractivity contribution in [1.29, 1.82) is 0 Å². The first-order valence-electron chi connectivity index (χ1n) is 24.7. The fraction of sp³-hybridized carbons (Fsp3) is 0.556. The number of rotatable bonds is 4. The van der Waals surface area contributed by atoms with E-state index in [0.29, 0.717) is 65.4 Å². The molecule has 398 valence electrons. The number of carbonyl (C=O) groups excluding carboxylic acids is 4. The molecule has 10 rings (SSSR count). The number of ether oxygens (including phenoxy) is 9. The minimum absolute atomic E-state index is 0.0110. The highest BCUT2D eigenvalue weighted by Crippen LogP contribution is 2.64. The van der Waals surface area contributed by atoms with Gasteiger partial charge in [0.05, 0.1) is 31.6 Å². The summed E-state index contributed by atoms with van der Waals surface area (Å²) in [6, 6.07) is 3.88. The minimum Gasteiger partial charge on any atom is -0.504 e. The van der Waals surface area contributed by atoms with Gasteiger partial charge in [0, 0.05) is 53.2 Å². The van der Waals surface area contributed by atoms with Crippen LogP contribution >= 0.6 is 11.8 Å². The molecule has 2 fully saturated rings. The van der Waals surface area contributed by atoms with Gasteiger partial charge >= 0.3 is 24.3 Å². The Labute approximate surface area is 433 Å². The standard InChI is InChI=1S/C48H58N4O14S.2C2H6.C2H2/c1-22-14-25-15-26-18-52-28-19-60-42(54)48(27-17-29(58-10)30(16-24(27)12-13-49-48)63-45(57)66-47(6,7)8)20-67-41(35(52)34(51(26)9)31(25)36(53)37(22)59-11)33-32(28)40-39(61-21-62-40)23(2)38(33)64-43(55)50-44(56)65-46(3,4)5;3*1-2/h14,16-17,26,28,34-35,41,49,53H,12-13,15,18-21H2,1-11H3,(H,50,55,56);2*1-2H3;1-2H/t26?,28?,34?,35?,41?,48-;;;/m1.../s1. The van der Waals surface area contributed by atoms with Crippen LogP contribution in [0.25, 0.3) is 0 Å². The summed E-state index contributed by atoms with van der Waals surface area (Å²) >= 11 is 1.46. The number of methoxy groups -OCH3 is 2. The molecule has 5 unspecified atom stereocenters. The van der Waals surface area contributed by atoms with Crippen LogP contribution in [-0.2, 0) is 37.4 Å². The maximum absolute atomic E-state index is 15.1. The van der Waals surface area contributed by atoms with Crippen LogP contribution in [0.5, 0.6) is 40.2 Å². The van der Waals surface area contributed by atoms with Gasteiger partial charge in [-0.2, -0.15) is 0 Å². The topological polar surface area (TPSA) is 202 Å². The summed E-state index contributed by atoms with van der Waals surface area (Å²) in [5, 5.41) is 17.3. The Morgan fingerprint density at radius 3 is 2.16 bits per heavy atom. The minimum atomic E-state index is -1.46. The van der Waals surface area contributed by atoms with E-state index < -0.39 is 64.4 Å². The number of benzene rings is 3. The van der Waals surface area contributed by atoms with Crippen molar-refractivity contribution in [3.05, 3.63) is 62.7 Å². The van der Waals surface area contributed by atoms with Gasteiger partial charge in [0.2, 0.25) is 6.79 Å². The number of nitrogens with zero attached hydrogens (tertiary/aromatic N) is 2. The maximum Gasteiger partial charge on any atom is 0.514 e. The van der Waals surface area contributed by atoms with E-state index in [0.717, 1.165) is 22.3 Å². The first kappa shape index (κ1) is 56.2. The fourth-order valence-electron chi connectivity index (χ4n) is 10.7. The number of imide groups is 1. The van der Waals surface area contributed by atoms with Crippen molar-refractivity contribution in [2.75, 3.05) is 53.5 Å². The monoisotopic (exact) mass is 1030 g/mol. The highest BCUT2D eigenvalue weighted by molar-refractivity contribution is 7.99. The number of amides is 2. The SMILES string of the molecule is C#C.CC.CC.COc1cc2c(cc1OC(=O)OC(C)(C)C)CCN[C@]21CSC2c3c(OC(=O)NC(=O)OC(C)(C)C)c(C)c4c(c3C(COC1=O)N1CC3Cc5cc(C)c(OC)c(O)c5C(C21)N3C)OCO4. The van der Waals surface area contributed by atoms with E-state index in [-0.39, 0.29) is 48.2 Å². The molecule has 3 aromatic carbocycles. The molecule has 7 aliphatic heterocycles. The number of aryl methyl sites for hydroxylation is 1. The lowest BCUT2D eigenvalue weighted by Crippen LogP contribution is -2.65. The third-order valence-electron chi connectivity index (χ3n) is 13.3. The van der Waals surface area contributed by atoms with E-state index in [1.807, 2.05) is 34.6 Å². The molecule has 0 radical (unpaired) electrons. The normalized spacial score (nSPS) is 23.2. The molecule has 4 bridgehead atoms. The molecule has 0 aliphatic carbocycles. The van der Waals surface area contributed by atoms with Crippen molar-refractivity contribution < 1.29 is 66.9 Å². The van der Waals surface area contributed by atoms with E-state index >= 15 is 4.79 Å². The molecule has 6 atom stereocenters. The van der Waals surface area contributed by atoms with Crippen molar-refractivity contribution in [3.63, 3.8) is 0 Å². The second kappa shape index (κ2) is 22.2. The van der Waals surface area contributed by atoms with Gasteiger partial charge in [-0.3, -0.25) is 15.1 Å². The number of hydrogen-bond donors (Lipinski definition) is 3. The predicted octanol–water partition coefficient (Wildman–Crippen LogP) is 9.10. The van der Waals surface area contributed by atoms with Crippen LogP contribution in [0.1, 0.15) is 131 Å². The Kier molecular flexibility index (Phi) is 17.1. The van der Waals surface area contributed by atoms with E-state index in [9.17, 15) is 19.5 Å². The Morgan fingerprint density at radius 1 is 0.849 bits per heavy atom. The third-order valence-corrected chi connectivity index (χ3v) is 14.8. The van der Waals surface area contributed by atoms with Gasteiger partial charge in [0.15, 0.2) is 40.0 Å². The van der Waals surface area contributed by atoms with Crippen molar-refractivity contribution in [3.8, 4) is 53.1 Å². The molecule has 73 heavy (non-hydrogen) atoms. The summed E-state index contributed by atoms with van der Waals surface area (Å²) in [5.41, 5.74) is 2.36. The maximum atomic E-state index is 15.1. The number of carbonyl (C=O) groups is 4. The number of terminal acetylenes is 1. The number of esters is 1. The Hall–Kier alpha value is -6.07. The van der Waals surface area contributed by atoms with E-state index in [4.69, 9.17) is 42.6 Å². The molecule has 18 nitrogen and oxygen atoms in total. The number of nitrogens with one attached hydrogen (secondary N) is 2. The van der Waals surface area contributed by atoms with Crippen LogP contribution in [0.3, 0.4) is 0 Å². The average molecular weight is 1030 g/mol. The molecular formula is C54H72N4O14S. The van der Waals surface area contributed by atoms with Crippen molar-refractivity contribution in [1.82, 2.24) is 20.4 Å². The third kappa shape index (κ3) is 10.5. The molecule has 0 aromatic heterocycles. The van der Waals surface area contributed by atoms with Gasteiger partial charge in [-0.05, 0) is 110 Å². The predicted molar refractivity (Wildman–Crippen MR) is 275 cm³/mol. The van der Waals surface area contributed by atoms with Crippen LogP contribution in [0.2, 0.25) is 0 Å². The highest BCUT2D eigenvalue weighted by Gasteiger charge is 2.59. The lowest BCUT2D eigenvalue weighted by Gasteiger charge is -2.60. The number of alkyl carbamates (subject to hydrolysis) is 1. The van der Waals surface area contributed by atoms with Crippen LogP contribution in [0.4, 0.5) is 14.4 Å². The Bertz CT molecular complexity index is 2620. The zero-order valence-corrected chi connectivity index (χ0v) is 45.6. The molecule has 3 N–H and O–H groups in total. The first-order chi connectivity index (χ1) is 34.6. The molecular weight excluding hydrogens is 961 g/mol. The zero-order chi connectivity index (χ0) is 54.1. The van der Waals surface area contributed by atoms with Crippen LogP contribution in [0.15, 0.2) is 18.2 Å². The van der Waals surface area contributed by atoms with Crippen molar-refractivity contribution in [2.45, 2.75) is 142 Å². The summed E-state index contributed by atoms with van der Waals surface area (Å²) in [7, 11) is 5.04. The number of piperazine rings is 1. The van der Waals surface area contributed by atoms with Crippen molar-refractivity contribution in [2.24, 2.45) is 0 Å². The molecule has 1 spiro atoms. The van der Waals surface area contributed by atoms with E-state index in [2.05, 4.69) is 46.4 Å². The zero-order valence-electron chi connectivity index (χ0n) is 44.8. The largest absolute Gasteiger partial charge is 0.514 e. The lowest BCUT2D eigenvalue weighted by molar-refractivity contribution is -0.156. The summed E-state index contributed by atoms with van der Waals surface area (Å²) in [6.07, 6.45) is 6.15. The van der Waals surface area contributed by atoms with Gasteiger partial charge < -0.3 is 47.7 Å². The molecule has 19 heteroatoms. The highest BCUT2D eigenvalue weighted by atomic mass is 32.2. The van der Waals surface area contributed by atoms with Gasteiger partial charge in [0.1, 0.15) is 23.6 Å². The quantitative estimate of drug-likeness (QED) is 0.0965. The van der Waals surface area contributed by atoms with Crippen LogP contribution < -0.4 is 39.1 Å². The van der Waals surface area contributed by atoms with Gasteiger partial charge in [-0.1, -0.05) is 33.8 Å². The molecule has 7 heterocycles. The summed E-state index contributed by atoms with van der Waals surface area (Å²) < 4.78 is 53.3. The number of fused-ring (bicyclic) bond motifs is 9. The van der Waals surface area contributed by atoms with Crippen LogP contribution in [-0.4, -0.2) is 116 Å². The number of likely N-dealkylation sites (N-methyl/N-ethyl adjacent to an activating group) is 1. The molecule has 3 aromatic rings. The van der Waals surface area contributed by atoms with Gasteiger partial charge in [-0.25, -0.2) is 24.5 Å². The molecule has 2 amide bonds. The second-order valence-corrected chi connectivity index (χ2v) is 21.0.